The third-order valence-corrected chi connectivity index (χ3v) is 13.0. The Morgan fingerprint density at radius 1 is 1.00 bits per heavy atom. The minimum Gasteiger partial charge on any atom is -0.481 e. The zero-order valence-electron chi connectivity index (χ0n) is 29.9. The Balaban J connectivity index is 1.29. The van der Waals surface area contributed by atoms with Crippen LogP contribution in [0.25, 0.3) is 0 Å². The summed E-state index contributed by atoms with van der Waals surface area (Å²) < 4.78 is 39.6. The second-order valence-electron chi connectivity index (χ2n) is 16.3. The summed E-state index contributed by atoms with van der Waals surface area (Å²) >= 11 is 0. The zero-order valence-corrected chi connectivity index (χ0v) is 29.9. The van der Waals surface area contributed by atoms with Crippen LogP contribution >= 0.6 is 0 Å². The van der Waals surface area contributed by atoms with Crippen LogP contribution in [0.2, 0.25) is 0 Å². The van der Waals surface area contributed by atoms with Gasteiger partial charge in [0, 0.05) is 37.7 Å². The Kier molecular flexibility index (Phi) is 10.4. The highest BCUT2D eigenvalue weighted by Crippen LogP contribution is 2.55. The van der Waals surface area contributed by atoms with Gasteiger partial charge in [0.2, 0.25) is 0 Å². The predicted molar refractivity (Wildman–Crippen MR) is 171 cm³/mol. The van der Waals surface area contributed by atoms with E-state index in [2.05, 4.69) is 27.7 Å². The van der Waals surface area contributed by atoms with Crippen LogP contribution in [0.3, 0.4) is 0 Å². The number of hydrogen-bond acceptors (Lipinski definition) is 9. The van der Waals surface area contributed by atoms with Crippen LogP contribution in [0.1, 0.15) is 114 Å². The van der Waals surface area contributed by atoms with Gasteiger partial charge in [0.15, 0.2) is 11.6 Å². The SMILES string of the molecule is CC[C@@]1([C@@H]2O[C@@H]([C@H]3O[C@](C)(O)[C@H](C)C[C@@H]3C)C[C@@H]2C)CCC([C@]2(C)CCC3(C[C@H](O)[C@@H](C)[C@@H]([C@H](C)[C@@H](OC)[C@H](C)C(=O)O)O3)O2)O1. The maximum Gasteiger partial charge on any atom is 0.308 e. The van der Waals surface area contributed by atoms with Gasteiger partial charge in [0.1, 0.15) is 0 Å². The lowest BCUT2D eigenvalue weighted by molar-refractivity contribution is -0.335. The van der Waals surface area contributed by atoms with Crippen molar-refractivity contribution in [1.82, 2.24) is 0 Å². The third-order valence-electron chi connectivity index (χ3n) is 13.0. The highest BCUT2D eigenvalue weighted by atomic mass is 16.7. The second-order valence-corrected chi connectivity index (χ2v) is 16.3. The van der Waals surface area contributed by atoms with Gasteiger partial charge >= 0.3 is 5.97 Å². The average molecular weight is 655 g/mol. The molecule has 1 spiro atoms. The number of aliphatic hydroxyl groups excluding tert-OH is 1. The normalized spacial score (nSPS) is 51.7. The van der Waals surface area contributed by atoms with Crippen LogP contribution in [0, 0.1) is 35.5 Å². The van der Waals surface area contributed by atoms with Crippen molar-refractivity contribution in [3.8, 4) is 0 Å². The van der Waals surface area contributed by atoms with Crippen LogP contribution < -0.4 is 0 Å². The highest BCUT2D eigenvalue weighted by Gasteiger charge is 2.62. The number of hydrogen-bond donors (Lipinski definition) is 3. The van der Waals surface area contributed by atoms with Crippen molar-refractivity contribution in [2.24, 2.45) is 35.5 Å². The molecule has 5 heterocycles. The lowest BCUT2D eigenvalue weighted by Crippen LogP contribution is -2.57. The Morgan fingerprint density at radius 3 is 2.33 bits per heavy atom. The number of methoxy groups -OCH3 is 1. The first-order valence-electron chi connectivity index (χ1n) is 18.0. The van der Waals surface area contributed by atoms with Gasteiger partial charge in [0.05, 0.1) is 59.8 Å². The Morgan fingerprint density at radius 2 is 1.70 bits per heavy atom. The van der Waals surface area contributed by atoms with Gasteiger partial charge in [-0.3, -0.25) is 4.79 Å². The summed E-state index contributed by atoms with van der Waals surface area (Å²) in [6, 6.07) is 0. The van der Waals surface area contributed by atoms with Crippen molar-refractivity contribution in [3.63, 3.8) is 0 Å². The van der Waals surface area contributed by atoms with E-state index in [0.29, 0.717) is 12.8 Å². The molecule has 2 unspecified atom stereocenters. The van der Waals surface area contributed by atoms with E-state index in [1.165, 1.54) is 7.11 Å². The molecule has 10 heteroatoms. The number of ether oxygens (including phenoxy) is 6. The lowest BCUT2D eigenvalue weighted by atomic mass is 9.78. The summed E-state index contributed by atoms with van der Waals surface area (Å²) in [5, 5.41) is 31.9. The van der Waals surface area contributed by atoms with Gasteiger partial charge in [-0.2, -0.15) is 0 Å². The molecule has 0 aromatic heterocycles. The first kappa shape index (κ1) is 36.4. The fraction of sp³-hybridized carbons (Fsp3) is 0.972. The number of carbonyl (C=O) groups is 1. The van der Waals surface area contributed by atoms with E-state index in [0.717, 1.165) is 38.5 Å². The molecule has 5 fully saturated rings. The molecule has 0 radical (unpaired) electrons. The number of rotatable bonds is 9. The standard InChI is InChI=1S/C36H62O10/c1-11-35(31-20(3)17-26(42-31)28-19(2)16-21(4)34(9,40)44-28)13-12-27(43-35)33(8)14-15-36(46-33)18-25(37)22(5)30(45-36)23(6)29(41-10)24(7)32(38)39/h19-31,37,40H,11-18H2,1-10H3,(H,38,39)/t19-,20-,21+,22+,23+,24-,25-,26+,27?,28-,29+,30-,31+,33-,34-,35-,36?/m0/s1. The maximum atomic E-state index is 11.8. The van der Waals surface area contributed by atoms with Crippen molar-refractivity contribution >= 4 is 5.97 Å². The fourth-order valence-corrected chi connectivity index (χ4v) is 9.79. The number of carboxylic acid groups (broad SMARTS) is 1. The minimum absolute atomic E-state index is 0.0652. The molecule has 0 amide bonds. The summed E-state index contributed by atoms with van der Waals surface area (Å²) in [5.41, 5.74) is -1.07. The summed E-state index contributed by atoms with van der Waals surface area (Å²) in [5.74, 6) is -3.64. The van der Waals surface area contributed by atoms with Crippen molar-refractivity contribution in [3.05, 3.63) is 0 Å². The summed E-state index contributed by atoms with van der Waals surface area (Å²) in [6.07, 6.45) is 3.80. The molecule has 0 aromatic carbocycles. The van der Waals surface area contributed by atoms with E-state index in [4.69, 9.17) is 28.4 Å². The van der Waals surface area contributed by atoms with Crippen LogP contribution in [-0.2, 0) is 33.2 Å². The van der Waals surface area contributed by atoms with Gasteiger partial charge in [0.25, 0.3) is 0 Å². The first-order valence-corrected chi connectivity index (χ1v) is 18.0. The minimum atomic E-state index is -1.16. The zero-order chi connectivity index (χ0) is 34.0. The molecule has 0 bridgehead atoms. The van der Waals surface area contributed by atoms with Gasteiger partial charge < -0.3 is 43.7 Å². The molecule has 0 aliphatic carbocycles. The van der Waals surface area contributed by atoms with E-state index >= 15 is 0 Å². The van der Waals surface area contributed by atoms with Crippen molar-refractivity contribution in [1.29, 1.82) is 0 Å². The van der Waals surface area contributed by atoms with Gasteiger partial charge in [-0.05, 0) is 71.1 Å². The largest absolute Gasteiger partial charge is 0.481 e. The van der Waals surface area contributed by atoms with Gasteiger partial charge in [-0.1, -0.05) is 41.5 Å². The Hall–Kier alpha value is -0.850. The quantitative estimate of drug-likeness (QED) is 0.301. The fourth-order valence-electron chi connectivity index (χ4n) is 9.79. The van der Waals surface area contributed by atoms with Crippen LogP contribution in [0.15, 0.2) is 0 Å². The monoisotopic (exact) mass is 654 g/mol. The van der Waals surface area contributed by atoms with E-state index < -0.39 is 53.0 Å². The van der Waals surface area contributed by atoms with E-state index in [-0.39, 0.29) is 54.0 Å². The molecular weight excluding hydrogens is 592 g/mol. The number of aliphatic hydroxyl groups is 2. The average Bonchev–Trinajstić information content (AvgIpc) is 3.69. The molecular formula is C36H62O10. The van der Waals surface area contributed by atoms with Crippen LogP contribution in [0.4, 0.5) is 0 Å². The summed E-state index contributed by atoms with van der Waals surface area (Å²) in [4.78, 5) is 11.8. The van der Waals surface area contributed by atoms with Gasteiger partial charge in [-0.25, -0.2) is 0 Å². The molecule has 17 atom stereocenters. The Labute approximate surface area is 276 Å². The summed E-state index contributed by atoms with van der Waals surface area (Å²) in [7, 11) is 1.53. The number of carboxylic acids is 1. The molecule has 3 N–H and O–H groups in total. The van der Waals surface area contributed by atoms with Crippen molar-refractivity contribution in [2.75, 3.05) is 7.11 Å². The summed E-state index contributed by atoms with van der Waals surface area (Å²) in [6.45, 7) is 18.1. The second kappa shape index (κ2) is 13.1. The highest BCUT2D eigenvalue weighted by molar-refractivity contribution is 5.70. The molecule has 5 rings (SSSR count). The van der Waals surface area contributed by atoms with E-state index in [1.54, 1.807) is 13.8 Å². The molecule has 5 aliphatic rings. The van der Waals surface area contributed by atoms with Gasteiger partial charge in [-0.15, -0.1) is 0 Å². The van der Waals surface area contributed by atoms with Crippen LogP contribution in [0.5, 0.6) is 0 Å². The number of aliphatic carboxylic acids is 1. The maximum absolute atomic E-state index is 11.8. The molecule has 10 nitrogen and oxygen atoms in total. The third kappa shape index (κ3) is 6.43. The van der Waals surface area contributed by atoms with Crippen molar-refractivity contribution < 1.29 is 48.5 Å². The lowest BCUT2D eigenvalue weighted by Gasteiger charge is -2.49. The topological polar surface area (TPSA) is 133 Å². The van der Waals surface area contributed by atoms with Crippen LogP contribution in [-0.4, -0.2) is 93.9 Å². The molecule has 0 saturated carbocycles. The first-order chi connectivity index (χ1) is 21.4. The Bertz CT molecular complexity index is 1090. The van der Waals surface area contributed by atoms with E-state index in [1.807, 2.05) is 20.8 Å². The molecule has 46 heavy (non-hydrogen) atoms. The predicted octanol–water partition coefficient (Wildman–Crippen LogP) is 5.30. The van der Waals surface area contributed by atoms with E-state index in [9.17, 15) is 20.1 Å². The van der Waals surface area contributed by atoms with Crippen molar-refractivity contribution in [2.45, 2.75) is 179 Å². The molecule has 5 aliphatic heterocycles. The molecule has 5 saturated heterocycles. The molecule has 266 valence electrons. The molecule has 0 aromatic rings. The smallest absolute Gasteiger partial charge is 0.308 e.